The molecule has 238 valence electrons. The van der Waals surface area contributed by atoms with Crippen molar-refractivity contribution in [2.75, 3.05) is 0 Å². The van der Waals surface area contributed by atoms with Gasteiger partial charge in [0.05, 0.1) is 0 Å². The number of hydrogen-bond donors (Lipinski definition) is 0. The minimum absolute atomic E-state index is 0.150. The van der Waals surface area contributed by atoms with Crippen LogP contribution in [-0.2, 0) is 5.41 Å². The molecular formula is C46H33N3S. The second-order valence-corrected chi connectivity index (χ2v) is 14.3. The van der Waals surface area contributed by atoms with Gasteiger partial charge in [0.1, 0.15) is 0 Å². The zero-order chi connectivity index (χ0) is 33.7. The summed E-state index contributed by atoms with van der Waals surface area (Å²) in [6.07, 6.45) is 0. The third-order valence-electron chi connectivity index (χ3n) is 9.69. The Labute approximate surface area is 296 Å². The number of hydrogen-bond acceptors (Lipinski definition) is 4. The van der Waals surface area contributed by atoms with Gasteiger partial charge in [0.15, 0.2) is 17.5 Å². The number of aromatic nitrogens is 3. The quantitative estimate of drug-likeness (QED) is 0.178. The Hall–Kier alpha value is -5.97. The van der Waals surface area contributed by atoms with Crippen molar-refractivity contribution in [2.45, 2.75) is 19.3 Å². The van der Waals surface area contributed by atoms with Crippen LogP contribution in [0.4, 0.5) is 0 Å². The topological polar surface area (TPSA) is 38.7 Å². The third-order valence-corrected chi connectivity index (χ3v) is 11.3. The molecule has 8 aromatic rings. The summed E-state index contributed by atoms with van der Waals surface area (Å²) in [5.74, 6) is 1.98. The lowest BCUT2D eigenvalue weighted by Crippen LogP contribution is -2.13. The van der Waals surface area contributed by atoms with Crippen LogP contribution in [-0.4, -0.2) is 15.0 Å². The number of nitrogens with zero attached hydrogens (tertiary/aromatic N) is 3. The Morgan fingerprint density at radius 2 is 0.880 bits per heavy atom. The van der Waals surface area contributed by atoms with Gasteiger partial charge in [-0.15, -0.1) is 11.3 Å². The average molecular weight is 660 g/mol. The highest BCUT2D eigenvalue weighted by Crippen LogP contribution is 2.59. The van der Waals surface area contributed by atoms with Crippen molar-refractivity contribution in [2.24, 2.45) is 0 Å². The first-order valence-corrected chi connectivity index (χ1v) is 17.8. The van der Waals surface area contributed by atoms with Gasteiger partial charge in [-0.05, 0) is 45.5 Å². The second kappa shape index (κ2) is 12.2. The molecule has 1 aliphatic carbocycles. The van der Waals surface area contributed by atoms with E-state index in [-0.39, 0.29) is 5.41 Å². The fourth-order valence-electron chi connectivity index (χ4n) is 7.16. The van der Waals surface area contributed by atoms with Crippen LogP contribution in [0.25, 0.3) is 78.0 Å². The molecule has 2 heterocycles. The minimum atomic E-state index is -0.150. The monoisotopic (exact) mass is 659 g/mol. The van der Waals surface area contributed by atoms with Crippen molar-refractivity contribution in [3.8, 4) is 78.0 Å². The highest BCUT2D eigenvalue weighted by Gasteiger charge is 2.40. The molecule has 0 atom stereocenters. The zero-order valence-corrected chi connectivity index (χ0v) is 28.7. The van der Waals surface area contributed by atoms with Gasteiger partial charge in [0, 0.05) is 43.0 Å². The van der Waals surface area contributed by atoms with Crippen LogP contribution in [0, 0.1) is 0 Å². The maximum atomic E-state index is 5.03. The summed E-state index contributed by atoms with van der Waals surface area (Å²) in [6.45, 7) is 4.75. The molecule has 3 nitrogen and oxygen atoms in total. The minimum Gasteiger partial charge on any atom is -0.208 e. The van der Waals surface area contributed by atoms with Crippen molar-refractivity contribution >= 4 is 11.3 Å². The van der Waals surface area contributed by atoms with E-state index in [1.807, 2.05) is 72.0 Å². The van der Waals surface area contributed by atoms with E-state index in [1.165, 1.54) is 48.7 Å². The molecule has 0 radical (unpaired) electrons. The number of thiophene rings is 1. The Morgan fingerprint density at radius 3 is 1.46 bits per heavy atom. The summed E-state index contributed by atoms with van der Waals surface area (Å²) in [6, 6.07) is 57.6. The van der Waals surface area contributed by atoms with Crippen molar-refractivity contribution in [1.29, 1.82) is 0 Å². The van der Waals surface area contributed by atoms with E-state index < -0.39 is 0 Å². The van der Waals surface area contributed by atoms with Crippen LogP contribution in [0.1, 0.15) is 24.3 Å². The van der Waals surface area contributed by atoms with E-state index in [9.17, 15) is 0 Å². The van der Waals surface area contributed by atoms with Crippen LogP contribution >= 0.6 is 11.3 Å². The van der Waals surface area contributed by atoms with Gasteiger partial charge in [-0.3, -0.25) is 0 Å². The lowest BCUT2D eigenvalue weighted by Gasteiger charge is -2.21. The second-order valence-electron chi connectivity index (χ2n) is 13.2. The standard InChI is InChI=1S/C46H33N3S/c1-46(2)38-29-34(30-16-7-3-8-17-30)26-27-37(38)40-39(31-18-9-4-10-19-31)41(50-42(40)46)35-24-15-25-36(28-35)45-48-43(32-20-11-5-12-21-32)47-44(49-45)33-22-13-6-14-23-33/h3-29H,1-2H3. The highest BCUT2D eigenvalue weighted by molar-refractivity contribution is 7.17. The fourth-order valence-corrected chi connectivity index (χ4v) is 8.61. The van der Waals surface area contributed by atoms with E-state index in [4.69, 9.17) is 15.0 Å². The zero-order valence-electron chi connectivity index (χ0n) is 27.8. The summed E-state index contributed by atoms with van der Waals surface area (Å²) in [5, 5.41) is 0. The van der Waals surface area contributed by atoms with Crippen molar-refractivity contribution < 1.29 is 0 Å². The predicted molar refractivity (Wildman–Crippen MR) is 208 cm³/mol. The lowest BCUT2D eigenvalue weighted by atomic mass is 9.85. The van der Waals surface area contributed by atoms with Crippen LogP contribution < -0.4 is 0 Å². The summed E-state index contributed by atoms with van der Waals surface area (Å²) in [7, 11) is 0. The summed E-state index contributed by atoms with van der Waals surface area (Å²) in [4.78, 5) is 17.6. The Bertz CT molecular complexity index is 2430. The number of rotatable bonds is 6. The molecular weight excluding hydrogens is 627 g/mol. The van der Waals surface area contributed by atoms with Crippen LogP contribution in [0.5, 0.6) is 0 Å². The van der Waals surface area contributed by atoms with Gasteiger partial charge in [0.2, 0.25) is 0 Å². The van der Waals surface area contributed by atoms with Crippen molar-refractivity contribution in [3.05, 3.63) is 174 Å². The third kappa shape index (κ3) is 5.17. The van der Waals surface area contributed by atoms with E-state index in [0.717, 1.165) is 22.3 Å². The fraction of sp³-hybridized carbons (Fsp3) is 0.0652. The molecule has 0 saturated heterocycles. The maximum absolute atomic E-state index is 5.03. The molecule has 6 aromatic carbocycles. The van der Waals surface area contributed by atoms with Gasteiger partial charge < -0.3 is 0 Å². The molecule has 50 heavy (non-hydrogen) atoms. The first kappa shape index (κ1) is 30.1. The molecule has 0 unspecified atom stereocenters. The van der Waals surface area contributed by atoms with E-state index in [1.54, 1.807) is 0 Å². The molecule has 0 amide bonds. The van der Waals surface area contributed by atoms with Gasteiger partial charge in [-0.25, -0.2) is 15.0 Å². The average Bonchev–Trinajstić information content (AvgIpc) is 3.69. The van der Waals surface area contributed by atoms with Crippen LogP contribution in [0.15, 0.2) is 164 Å². The molecule has 2 aromatic heterocycles. The highest BCUT2D eigenvalue weighted by atomic mass is 32.1. The summed E-state index contributed by atoms with van der Waals surface area (Å²) in [5.41, 5.74) is 12.9. The van der Waals surface area contributed by atoms with Crippen molar-refractivity contribution in [1.82, 2.24) is 15.0 Å². The SMILES string of the molecule is CC1(C)c2cc(-c3ccccc3)ccc2-c2c1sc(-c1cccc(-c3nc(-c4ccccc4)nc(-c4ccccc4)n3)c1)c2-c1ccccc1. The molecule has 0 spiro atoms. The number of fused-ring (bicyclic) bond motifs is 3. The molecule has 0 N–H and O–H groups in total. The van der Waals surface area contributed by atoms with E-state index in [2.05, 4.69) is 117 Å². The molecule has 0 bridgehead atoms. The van der Waals surface area contributed by atoms with Gasteiger partial charge in [-0.2, -0.15) is 0 Å². The first-order chi connectivity index (χ1) is 24.5. The lowest BCUT2D eigenvalue weighted by molar-refractivity contribution is 0.674. The maximum Gasteiger partial charge on any atom is 0.164 e. The molecule has 0 saturated carbocycles. The van der Waals surface area contributed by atoms with E-state index >= 15 is 0 Å². The normalized spacial score (nSPS) is 12.8. The molecule has 0 aliphatic heterocycles. The largest absolute Gasteiger partial charge is 0.208 e. The Kier molecular flexibility index (Phi) is 7.33. The van der Waals surface area contributed by atoms with Gasteiger partial charge in [0.25, 0.3) is 0 Å². The van der Waals surface area contributed by atoms with Gasteiger partial charge in [-0.1, -0.05) is 166 Å². The predicted octanol–water partition coefficient (Wildman–Crippen LogP) is 12.2. The summed E-state index contributed by atoms with van der Waals surface area (Å²) >= 11 is 1.91. The van der Waals surface area contributed by atoms with Crippen molar-refractivity contribution in [3.63, 3.8) is 0 Å². The Morgan fingerprint density at radius 1 is 0.400 bits per heavy atom. The van der Waals surface area contributed by atoms with E-state index in [0.29, 0.717) is 17.5 Å². The smallest absolute Gasteiger partial charge is 0.164 e. The van der Waals surface area contributed by atoms with Gasteiger partial charge >= 0.3 is 0 Å². The molecule has 0 fully saturated rings. The Balaban J connectivity index is 1.22. The summed E-state index contributed by atoms with van der Waals surface area (Å²) < 4.78 is 0. The van der Waals surface area contributed by atoms with Crippen LogP contribution in [0.3, 0.4) is 0 Å². The molecule has 1 aliphatic rings. The molecule has 9 rings (SSSR count). The number of benzene rings is 6. The first-order valence-electron chi connectivity index (χ1n) is 17.0. The van der Waals surface area contributed by atoms with Crippen LogP contribution in [0.2, 0.25) is 0 Å². The molecule has 4 heteroatoms.